The van der Waals surface area contributed by atoms with Crippen molar-refractivity contribution in [2.45, 2.75) is 25.4 Å². The summed E-state index contributed by atoms with van der Waals surface area (Å²) in [5, 5.41) is 10.0. The van der Waals surface area contributed by atoms with Crippen molar-refractivity contribution in [2.75, 3.05) is 0 Å². The van der Waals surface area contributed by atoms with E-state index < -0.39 is 5.60 Å². The minimum absolute atomic E-state index is 0.683. The van der Waals surface area contributed by atoms with Crippen LogP contribution >= 0.6 is 0 Å². The van der Waals surface area contributed by atoms with E-state index in [1.165, 1.54) is 0 Å². The molecule has 0 spiro atoms. The molecular weight excluding hydrogens is 162 g/mol. The van der Waals surface area contributed by atoms with Gasteiger partial charge in [0, 0.05) is 18.0 Å². The van der Waals surface area contributed by atoms with E-state index in [0.717, 1.165) is 12.0 Å². The monoisotopic (exact) mass is 177 g/mol. The smallest absolute Gasteiger partial charge is 0.0886 e. The molecule has 0 aliphatic rings. The topological polar surface area (TPSA) is 33.1 Å². The Kier molecular flexibility index (Phi) is 3.20. The summed E-state index contributed by atoms with van der Waals surface area (Å²) in [6.45, 7) is 5.43. The Morgan fingerprint density at radius 1 is 1.69 bits per heavy atom. The fraction of sp³-hybridized carbons (Fsp3) is 0.364. The zero-order valence-electron chi connectivity index (χ0n) is 7.90. The van der Waals surface area contributed by atoms with Crippen molar-refractivity contribution in [1.82, 2.24) is 4.98 Å². The summed E-state index contributed by atoms with van der Waals surface area (Å²) >= 11 is 0. The molecule has 0 radical (unpaired) electrons. The number of nitrogens with zero attached hydrogens (tertiary/aromatic N) is 1. The van der Waals surface area contributed by atoms with E-state index in [-0.39, 0.29) is 0 Å². The summed E-state index contributed by atoms with van der Waals surface area (Å²) in [5.74, 6) is 0. The molecule has 1 atom stereocenters. The van der Waals surface area contributed by atoms with Gasteiger partial charge >= 0.3 is 0 Å². The maximum absolute atomic E-state index is 10.0. The van der Waals surface area contributed by atoms with Crippen LogP contribution in [0.15, 0.2) is 37.2 Å². The molecule has 2 heteroatoms. The van der Waals surface area contributed by atoms with Gasteiger partial charge in [0.15, 0.2) is 0 Å². The summed E-state index contributed by atoms with van der Waals surface area (Å²) in [7, 11) is 0. The lowest BCUT2D eigenvalue weighted by molar-refractivity contribution is 0.0485. The molecule has 0 bridgehead atoms. The van der Waals surface area contributed by atoms with E-state index in [2.05, 4.69) is 11.6 Å². The highest BCUT2D eigenvalue weighted by Gasteiger charge is 2.21. The van der Waals surface area contributed by atoms with Gasteiger partial charge in [-0.3, -0.25) is 4.98 Å². The normalized spacial score (nSPS) is 14.9. The van der Waals surface area contributed by atoms with E-state index in [1.807, 2.05) is 18.2 Å². The molecule has 2 nitrogen and oxygen atoms in total. The first-order chi connectivity index (χ1) is 6.17. The van der Waals surface area contributed by atoms with Crippen molar-refractivity contribution >= 4 is 0 Å². The van der Waals surface area contributed by atoms with Gasteiger partial charge in [-0.15, -0.1) is 6.58 Å². The quantitative estimate of drug-likeness (QED) is 0.715. The second-order valence-electron chi connectivity index (χ2n) is 3.34. The van der Waals surface area contributed by atoms with Gasteiger partial charge in [-0.25, -0.2) is 0 Å². The average molecular weight is 177 g/mol. The first-order valence-electron chi connectivity index (χ1n) is 4.40. The number of aliphatic hydroxyl groups is 1. The summed E-state index contributed by atoms with van der Waals surface area (Å²) < 4.78 is 0. The molecule has 0 aliphatic heterocycles. The van der Waals surface area contributed by atoms with Gasteiger partial charge in [-0.2, -0.15) is 0 Å². The molecule has 1 aromatic rings. The Morgan fingerprint density at radius 3 is 3.00 bits per heavy atom. The summed E-state index contributed by atoms with van der Waals surface area (Å²) in [6.07, 6.45) is 6.70. The maximum atomic E-state index is 10.0. The van der Waals surface area contributed by atoms with Crippen molar-refractivity contribution in [1.29, 1.82) is 0 Å². The third-order valence-electron chi connectivity index (χ3n) is 2.12. The van der Waals surface area contributed by atoms with Crippen LogP contribution in [-0.2, 0) is 5.60 Å². The van der Waals surface area contributed by atoms with Gasteiger partial charge in [0.2, 0.25) is 0 Å². The molecule has 70 valence electrons. The van der Waals surface area contributed by atoms with E-state index in [9.17, 15) is 5.11 Å². The molecule has 0 amide bonds. The van der Waals surface area contributed by atoms with Crippen LogP contribution in [0, 0.1) is 0 Å². The average Bonchev–Trinajstić information content (AvgIpc) is 2.16. The predicted octanol–water partition coefficient (Wildman–Crippen LogP) is 2.26. The lowest BCUT2D eigenvalue weighted by atomic mass is 9.92. The molecule has 0 aromatic carbocycles. The molecule has 1 aromatic heterocycles. The van der Waals surface area contributed by atoms with Crippen LogP contribution in [0.3, 0.4) is 0 Å². The third kappa shape index (κ3) is 2.67. The second-order valence-corrected chi connectivity index (χ2v) is 3.34. The molecule has 13 heavy (non-hydrogen) atoms. The standard InChI is InChI=1S/C11H15NO/c1-3-4-7-11(2,13)10-6-5-8-12-9-10/h3,5-6,8-9,13H,1,4,7H2,2H3. The van der Waals surface area contributed by atoms with E-state index in [0.29, 0.717) is 6.42 Å². The second kappa shape index (κ2) is 4.19. The summed E-state index contributed by atoms with van der Waals surface area (Å²) in [5.41, 5.74) is 0.0690. The largest absolute Gasteiger partial charge is 0.385 e. The number of allylic oxidation sites excluding steroid dienone is 1. The van der Waals surface area contributed by atoms with E-state index >= 15 is 0 Å². The molecule has 0 saturated heterocycles. The molecule has 0 saturated carbocycles. The van der Waals surface area contributed by atoms with Crippen LogP contribution in [0.4, 0.5) is 0 Å². The van der Waals surface area contributed by atoms with Crippen LogP contribution in [0.2, 0.25) is 0 Å². The first-order valence-corrected chi connectivity index (χ1v) is 4.40. The number of rotatable bonds is 4. The van der Waals surface area contributed by atoms with Gasteiger partial charge < -0.3 is 5.11 Å². The zero-order valence-corrected chi connectivity index (χ0v) is 7.90. The Labute approximate surface area is 78.9 Å². The summed E-state index contributed by atoms with van der Waals surface area (Å²) in [4.78, 5) is 3.97. The first kappa shape index (κ1) is 9.93. The Balaban J connectivity index is 2.74. The van der Waals surface area contributed by atoms with Crippen LogP contribution in [-0.4, -0.2) is 10.1 Å². The molecule has 1 unspecified atom stereocenters. The van der Waals surface area contributed by atoms with E-state index in [4.69, 9.17) is 0 Å². The fourth-order valence-electron chi connectivity index (χ4n) is 1.21. The molecular formula is C11H15NO. The van der Waals surface area contributed by atoms with Crippen LogP contribution in [0.5, 0.6) is 0 Å². The van der Waals surface area contributed by atoms with E-state index in [1.54, 1.807) is 19.3 Å². The summed E-state index contributed by atoms with van der Waals surface area (Å²) in [6, 6.07) is 3.72. The predicted molar refractivity (Wildman–Crippen MR) is 53.2 cm³/mol. The van der Waals surface area contributed by atoms with Crippen LogP contribution in [0.1, 0.15) is 25.3 Å². The van der Waals surface area contributed by atoms with Crippen LogP contribution < -0.4 is 0 Å². The number of hydrogen-bond donors (Lipinski definition) is 1. The Bertz CT molecular complexity index is 267. The number of pyridine rings is 1. The van der Waals surface area contributed by atoms with Gasteiger partial charge in [0.05, 0.1) is 5.60 Å². The van der Waals surface area contributed by atoms with Crippen molar-refractivity contribution in [3.05, 3.63) is 42.7 Å². The minimum Gasteiger partial charge on any atom is -0.385 e. The van der Waals surface area contributed by atoms with Gasteiger partial charge in [-0.1, -0.05) is 12.1 Å². The van der Waals surface area contributed by atoms with Crippen LogP contribution in [0.25, 0.3) is 0 Å². The molecule has 1 N–H and O–H groups in total. The SMILES string of the molecule is C=CCCC(C)(O)c1cccnc1. The minimum atomic E-state index is -0.789. The fourth-order valence-corrected chi connectivity index (χ4v) is 1.21. The van der Waals surface area contributed by atoms with Crippen molar-refractivity contribution in [3.63, 3.8) is 0 Å². The molecule has 0 aliphatic carbocycles. The highest BCUT2D eigenvalue weighted by molar-refractivity contribution is 5.16. The Hall–Kier alpha value is -1.15. The van der Waals surface area contributed by atoms with Crippen molar-refractivity contribution in [3.8, 4) is 0 Å². The third-order valence-corrected chi connectivity index (χ3v) is 2.12. The molecule has 0 fully saturated rings. The Morgan fingerprint density at radius 2 is 2.46 bits per heavy atom. The maximum Gasteiger partial charge on any atom is 0.0886 e. The van der Waals surface area contributed by atoms with Crippen molar-refractivity contribution < 1.29 is 5.11 Å². The lowest BCUT2D eigenvalue weighted by Gasteiger charge is -2.22. The molecule has 1 heterocycles. The molecule has 1 rings (SSSR count). The van der Waals surface area contributed by atoms with Crippen molar-refractivity contribution in [2.24, 2.45) is 0 Å². The lowest BCUT2D eigenvalue weighted by Crippen LogP contribution is -2.20. The zero-order chi connectivity index (χ0) is 9.73. The van der Waals surface area contributed by atoms with Gasteiger partial charge in [0.25, 0.3) is 0 Å². The highest BCUT2D eigenvalue weighted by Crippen LogP contribution is 2.24. The highest BCUT2D eigenvalue weighted by atomic mass is 16.3. The van der Waals surface area contributed by atoms with Gasteiger partial charge in [0.1, 0.15) is 0 Å². The van der Waals surface area contributed by atoms with Gasteiger partial charge in [-0.05, 0) is 25.8 Å². The number of hydrogen-bond acceptors (Lipinski definition) is 2. The number of aromatic nitrogens is 1.